The molecule has 2 unspecified atom stereocenters. The van der Waals surface area contributed by atoms with E-state index in [9.17, 15) is 4.79 Å². The maximum Gasteiger partial charge on any atom is 0.229 e. The minimum atomic E-state index is -0.0186. The number of fused-ring (bicyclic) bond motifs is 5. The van der Waals surface area contributed by atoms with Crippen molar-refractivity contribution < 1.29 is 4.79 Å². The largest absolute Gasteiger partial charge is 0.332 e. The van der Waals surface area contributed by atoms with Crippen LogP contribution in [0.2, 0.25) is 0 Å². The Labute approximate surface area is 131 Å². The number of amides is 1. The van der Waals surface area contributed by atoms with Crippen molar-refractivity contribution in [3.8, 4) is 0 Å². The van der Waals surface area contributed by atoms with E-state index < -0.39 is 0 Å². The molecule has 2 aliphatic heterocycles. The highest BCUT2D eigenvalue weighted by Crippen LogP contribution is 2.76. The normalized spacial score (nSPS) is 37.6. The standard InChI is InChI=1S/C18H23N3O/c1-17(2,3)15-19-9-12-13(20-15)6-11-4-5-14(12)21(11)16(22)18-7-10(18)8-18/h9-11,14H,4-8H2,1-3H3. The molecule has 0 aromatic carbocycles. The molecule has 5 rings (SSSR count). The first-order valence-corrected chi connectivity index (χ1v) is 8.59. The Kier molecular flexibility index (Phi) is 2.20. The molecular weight excluding hydrogens is 274 g/mol. The van der Waals surface area contributed by atoms with Crippen LogP contribution < -0.4 is 0 Å². The fourth-order valence-electron chi connectivity index (χ4n) is 4.46. The smallest absolute Gasteiger partial charge is 0.229 e. The molecule has 0 radical (unpaired) electrons. The first-order valence-electron chi connectivity index (χ1n) is 8.59. The fourth-order valence-corrected chi connectivity index (χ4v) is 4.46. The first-order chi connectivity index (χ1) is 10.4. The molecule has 4 nitrogen and oxygen atoms in total. The molecule has 0 N–H and O–H groups in total. The van der Waals surface area contributed by atoms with Crippen LogP contribution in [0.25, 0.3) is 0 Å². The summed E-state index contributed by atoms with van der Waals surface area (Å²) in [7, 11) is 0. The lowest BCUT2D eigenvalue weighted by Crippen LogP contribution is -2.44. The number of nitrogens with zero attached hydrogens (tertiary/aromatic N) is 3. The van der Waals surface area contributed by atoms with Crippen molar-refractivity contribution in [1.29, 1.82) is 0 Å². The van der Waals surface area contributed by atoms with Crippen molar-refractivity contribution in [3.05, 3.63) is 23.3 Å². The summed E-state index contributed by atoms with van der Waals surface area (Å²) in [6, 6.07) is 0.621. The van der Waals surface area contributed by atoms with Gasteiger partial charge in [-0.2, -0.15) is 0 Å². The molecule has 1 aromatic rings. The Morgan fingerprint density at radius 2 is 2.05 bits per heavy atom. The van der Waals surface area contributed by atoms with Gasteiger partial charge in [0, 0.05) is 29.6 Å². The SMILES string of the molecule is CC(C)(C)c1ncc2c(n1)CC1CCC2N1C(=O)C12CC1C2. The van der Waals surface area contributed by atoms with Crippen LogP contribution in [0.1, 0.15) is 69.6 Å². The van der Waals surface area contributed by atoms with Crippen molar-refractivity contribution in [2.24, 2.45) is 11.3 Å². The predicted octanol–water partition coefficient (Wildman–Crippen LogP) is 2.77. The first kappa shape index (κ1) is 13.0. The highest BCUT2D eigenvalue weighted by Gasteiger charge is 2.76. The summed E-state index contributed by atoms with van der Waals surface area (Å²) in [6.45, 7) is 6.46. The Morgan fingerprint density at radius 3 is 2.68 bits per heavy atom. The summed E-state index contributed by atoms with van der Waals surface area (Å²) in [5, 5.41) is 0. The van der Waals surface area contributed by atoms with Crippen LogP contribution in [0.5, 0.6) is 0 Å². The third-order valence-electron chi connectivity index (χ3n) is 6.20. The van der Waals surface area contributed by atoms with Gasteiger partial charge in [0.1, 0.15) is 5.82 Å². The summed E-state index contributed by atoms with van der Waals surface area (Å²) in [5.74, 6) is 2.09. The van der Waals surface area contributed by atoms with E-state index in [0.717, 1.165) is 43.8 Å². The quantitative estimate of drug-likeness (QED) is 0.800. The zero-order chi connectivity index (χ0) is 15.3. The van der Waals surface area contributed by atoms with Crippen LogP contribution in [-0.2, 0) is 16.6 Å². The molecular formula is C18H23N3O. The molecule has 0 spiro atoms. The van der Waals surface area contributed by atoms with Gasteiger partial charge in [-0.05, 0) is 31.6 Å². The molecule has 2 bridgehead atoms. The van der Waals surface area contributed by atoms with Gasteiger partial charge in [-0.25, -0.2) is 9.97 Å². The maximum atomic E-state index is 12.9. The minimum absolute atomic E-state index is 0.0186. The van der Waals surface area contributed by atoms with Crippen molar-refractivity contribution in [1.82, 2.24) is 14.9 Å². The lowest BCUT2D eigenvalue weighted by Gasteiger charge is -2.37. The summed E-state index contributed by atoms with van der Waals surface area (Å²) >= 11 is 0. The number of aromatic nitrogens is 2. The number of rotatable bonds is 1. The molecule has 2 atom stereocenters. The highest BCUT2D eigenvalue weighted by molar-refractivity contribution is 5.91. The zero-order valence-corrected chi connectivity index (χ0v) is 13.6. The van der Waals surface area contributed by atoms with E-state index in [0.29, 0.717) is 11.9 Å². The maximum absolute atomic E-state index is 12.9. The molecule has 3 heterocycles. The predicted molar refractivity (Wildman–Crippen MR) is 82.2 cm³/mol. The summed E-state index contributed by atoms with van der Waals surface area (Å²) in [5.41, 5.74) is 2.47. The van der Waals surface area contributed by atoms with Crippen molar-refractivity contribution in [2.45, 2.75) is 70.4 Å². The second-order valence-corrected chi connectivity index (χ2v) is 8.77. The van der Waals surface area contributed by atoms with Gasteiger partial charge < -0.3 is 4.90 Å². The molecule has 22 heavy (non-hydrogen) atoms. The number of hydrogen-bond donors (Lipinski definition) is 0. The molecule has 2 saturated carbocycles. The third kappa shape index (κ3) is 1.56. The summed E-state index contributed by atoms with van der Waals surface area (Å²) < 4.78 is 0. The van der Waals surface area contributed by atoms with Gasteiger partial charge in [0.15, 0.2) is 0 Å². The Bertz CT molecular complexity index is 684. The van der Waals surface area contributed by atoms with Crippen LogP contribution in [0.15, 0.2) is 6.20 Å². The molecule has 4 aliphatic rings. The molecule has 4 heteroatoms. The molecule has 1 aromatic heterocycles. The molecule has 116 valence electrons. The minimum Gasteiger partial charge on any atom is -0.332 e. The van der Waals surface area contributed by atoms with Gasteiger partial charge in [-0.1, -0.05) is 20.8 Å². The van der Waals surface area contributed by atoms with E-state index in [1.807, 2.05) is 6.20 Å². The van der Waals surface area contributed by atoms with E-state index in [1.54, 1.807) is 0 Å². The van der Waals surface area contributed by atoms with Crippen molar-refractivity contribution in [3.63, 3.8) is 0 Å². The van der Waals surface area contributed by atoms with Crippen LogP contribution in [-0.4, -0.2) is 26.8 Å². The topological polar surface area (TPSA) is 46.1 Å². The van der Waals surface area contributed by atoms with Crippen LogP contribution in [0.4, 0.5) is 0 Å². The molecule has 3 fully saturated rings. The fraction of sp³-hybridized carbons (Fsp3) is 0.722. The highest BCUT2D eigenvalue weighted by atomic mass is 16.2. The van der Waals surface area contributed by atoms with Gasteiger partial charge in [-0.15, -0.1) is 0 Å². The number of carbonyl (C=O) groups excluding carboxylic acids is 1. The van der Waals surface area contributed by atoms with Gasteiger partial charge in [0.2, 0.25) is 5.91 Å². The van der Waals surface area contributed by atoms with Gasteiger partial charge in [-0.3, -0.25) is 4.79 Å². The Balaban J connectivity index is 1.52. The van der Waals surface area contributed by atoms with E-state index >= 15 is 0 Å². The van der Waals surface area contributed by atoms with E-state index in [4.69, 9.17) is 4.98 Å². The summed E-state index contributed by atoms with van der Waals surface area (Å²) in [6.07, 6.45) is 7.43. The van der Waals surface area contributed by atoms with E-state index in [1.165, 1.54) is 11.3 Å². The summed E-state index contributed by atoms with van der Waals surface area (Å²) in [4.78, 5) is 24.6. The lowest BCUT2D eigenvalue weighted by atomic mass is 9.93. The van der Waals surface area contributed by atoms with Crippen LogP contribution >= 0.6 is 0 Å². The average molecular weight is 297 g/mol. The molecule has 2 aliphatic carbocycles. The molecule has 1 amide bonds. The Hall–Kier alpha value is -1.45. The van der Waals surface area contributed by atoms with Crippen LogP contribution in [0, 0.1) is 11.3 Å². The van der Waals surface area contributed by atoms with Gasteiger partial charge in [0.25, 0.3) is 0 Å². The number of carbonyl (C=O) groups is 1. The number of hydrogen-bond acceptors (Lipinski definition) is 3. The third-order valence-corrected chi connectivity index (χ3v) is 6.20. The van der Waals surface area contributed by atoms with Gasteiger partial charge >= 0.3 is 0 Å². The average Bonchev–Trinajstić information content (AvgIpc) is 3.28. The van der Waals surface area contributed by atoms with Crippen LogP contribution in [0.3, 0.4) is 0 Å². The second-order valence-electron chi connectivity index (χ2n) is 8.77. The lowest BCUT2D eigenvalue weighted by molar-refractivity contribution is -0.138. The monoisotopic (exact) mass is 297 g/mol. The van der Waals surface area contributed by atoms with E-state index in [-0.39, 0.29) is 16.9 Å². The zero-order valence-electron chi connectivity index (χ0n) is 13.6. The van der Waals surface area contributed by atoms with Gasteiger partial charge in [0.05, 0.1) is 17.2 Å². The Morgan fingerprint density at radius 1 is 1.32 bits per heavy atom. The second kappa shape index (κ2) is 3.72. The van der Waals surface area contributed by atoms with Crippen molar-refractivity contribution in [2.75, 3.05) is 0 Å². The van der Waals surface area contributed by atoms with E-state index in [2.05, 4.69) is 30.7 Å². The molecule has 1 saturated heterocycles. The van der Waals surface area contributed by atoms with Crippen molar-refractivity contribution >= 4 is 5.91 Å².